The molecule has 2 fully saturated rings. The van der Waals surface area contributed by atoms with Crippen molar-refractivity contribution < 1.29 is 14.3 Å². The van der Waals surface area contributed by atoms with E-state index in [0.29, 0.717) is 31.2 Å². The van der Waals surface area contributed by atoms with Crippen LogP contribution in [0.4, 0.5) is 4.79 Å². The normalized spacial score (nSPS) is 22.5. The molecule has 0 radical (unpaired) electrons. The summed E-state index contributed by atoms with van der Waals surface area (Å²) in [5.74, 6) is 1.20. The van der Waals surface area contributed by atoms with Gasteiger partial charge in [0, 0.05) is 12.1 Å². The van der Waals surface area contributed by atoms with Crippen molar-refractivity contribution in [2.24, 2.45) is 5.92 Å². The van der Waals surface area contributed by atoms with Crippen LogP contribution in [0.3, 0.4) is 0 Å². The van der Waals surface area contributed by atoms with Gasteiger partial charge in [0.25, 0.3) is 0 Å². The summed E-state index contributed by atoms with van der Waals surface area (Å²) in [6, 6.07) is 15.7. The molecule has 0 bridgehead atoms. The SMILES string of the molecule is CCOc1ccccc1CN1C[C@@]2(CCC[C@H](Cn3cnc4ccc(C#N)cc43)C2)OC1=O. The Labute approximate surface area is 193 Å². The van der Waals surface area contributed by atoms with Crippen LogP contribution in [0, 0.1) is 17.2 Å². The lowest BCUT2D eigenvalue weighted by atomic mass is 9.78. The first-order chi connectivity index (χ1) is 16.1. The van der Waals surface area contributed by atoms with Gasteiger partial charge in [-0.1, -0.05) is 18.2 Å². The van der Waals surface area contributed by atoms with Gasteiger partial charge in [-0.15, -0.1) is 0 Å². The van der Waals surface area contributed by atoms with E-state index in [0.717, 1.165) is 54.6 Å². The average molecular weight is 445 g/mol. The molecule has 170 valence electrons. The molecule has 2 aromatic carbocycles. The zero-order chi connectivity index (χ0) is 22.8. The van der Waals surface area contributed by atoms with Crippen molar-refractivity contribution in [2.75, 3.05) is 13.2 Å². The Morgan fingerprint density at radius 1 is 1.30 bits per heavy atom. The maximum atomic E-state index is 12.8. The second-order valence-corrected chi connectivity index (χ2v) is 9.12. The second kappa shape index (κ2) is 8.78. The highest BCUT2D eigenvalue weighted by molar-refractivity contribution is 5.77. The van der Waals surface area contributed by atoms with E-state index in [2.05, 4.69) is 15.6 Å². The van der Waals surface area contributed by atoms with Gasteiger partial charge < -0.3 is 14.0 Å². The summed E-state index contributed by atoms with van der Waals surface area (Å²) in [5.41, 5.74) is 3.07. The molecule has 2 atom stereocenters. The number of rotatable bonds is 6. The van der Waals surface area contributed by atoms with Gasteiger partial charge in [0.2, 0.25) is 0 Å². The summed E-state index contributed by atoms with van der Waals surface area (Å²) < 4.78 is 13.9. The fraction of sp³-hybridized carbons (Fsp3) is 0.423. The molecule has 2 aliphatic rings. The number of imidazole rings is 1. The van der Waals surface area contributed by atoms with E-state index in [1.807, 2.05) is 54.5 Å². The highest BCUT2D eigenvalue weighted by atomic mass is 16.6. The molecule has 7 nitrogen and oxygen atoms in total. The van der Waals surface area contributed by atoms with Gasteiger partial charge >= 0.3 is 6.09 Å². The van der Waals surface area contributed by atoms with Crippen LogP contribution in [0.25, 0.3) is 11.0 Å². The zero-order valence-corrected chi connectivity index (χ0v) is 18.9. The number of benzene rings is 2. The molecule has 3 aromatic rings. The number of hydrogen-bond donors (Lipinski definition) is 0. The average Bonchev–Trinajstić information content (AvgIpc) is 3.35. The quantitative estimate of drug-likeness (QED) is 0.541. The summed E-state index contributed by atoms with van der Waals surface area (Å²) in [7, 11) is 0. The Morgan fingerprint density at radius 2 is 2.18 bits per heavy atom. The molecular weight excluding hydrogens is 416 g/mol. The Morgan fingerprint density at radius 3 is 3.03 bits per heavy atom. The summed E-state index contributed by atoms with van der Waals surface area (Å²) >= 11 is 0. The molecule has 1 aromatic heterocycles. The largest absolute Gasteiger partial charge is 0.494 e. The highest BCUT2D eigenvalue weighted by Crippen LogP contribution is 2.41. The second-order valence-electron chi connectivity index (χ2n) is 9.12. The van der Waals surface area contributed by atoms with Crippen LogP contribution in [0.2, 0.25) is 0 Å². The van der Waals surface area contributed by atoms with Gasteiger partial charge in [-0.05, 0) is 62.8 Å². The van der Waals surface area contributed by atoms with Gasteiger partial charge in [0.15, 0.2) is 0 Å². The minimum absolute atomic E-state index is 0.242. The fourth-order valence-corrected chi connectivity index (χ4v) is 5.34. The minimum Gasteiger partial charge on any atom is -0.494 e. The molecular formula is C26H28N4O3. The maximum Gasteiger partial charge on any atom is 0.410 e. The third-order valence-electron chi connectivity index (χ3n) is 6.79. The van der Waals surface area contributed by atoms with E-state index < -0.39 is 5.60 Å². The van der Waals surface area contributed by atoms with E-state index >= 15 is 0 Å². The lowest BCUT2D eigenvalue weighted by Gasteiger charge is -2.36. The van der Waals surface area contributed by atoms with Crippen LogP contribution < -0.4 is 4.74 Å². The third kappa shape index (κ3) is 4.25. The van der Waals surface area contributed by atoms with Crippen molar-refractivity contribution in [1.82, 2.24) is 14.5 Å². The van der Waals surface area contributed by atoms with Crippen LogP contribution in [0.1, 0.15) is 43.7 Å². The predicted molar refractivity (Wildman–Crippen MR) is 124 cm³/mol. The van der Waals surface area contributed by atoms with Gasteiger partial charge in [0.05, 0.1) is 48.7 Å². The third-order valence-corrected chi connectivity index (χ3v) is 6.79. The van der Waals surface area contributed by atoms with E-state index in [1.54, 1.807) is 6.07 Å². The van der Waals surface area contributed by atoms with Gasteiger partial charge in [-0.3, -0.25) is 4.90 Å². The van der Waals surface area contributed by atoms with Crippen LogP contribution >= 0.6 is 0 Å². The summed E-state index contributed by atoms with van der Waals surface area (Å²) in [6.45, 7) is 4.45. The Hall–Kier alpha value is -3.53. The van der Waals surface area contributed by atoms with Crippen LogP contribution in [0.15, 0.2) is 48.8 Å². The van der Waals surface area contributed by atoms with Crippen LogP contribution in [0.5, 0.6) is 5.75 Å². The zero-order valence-electron chi connectivity index (χ0n) is 18.9. The van der Waals surface area contributed by atoms with Crippen molar-refractivity contribution in [1.29, 1.82) is 5.26 Å². The molecule has 1 spiro atoms. The number of para-hydroxylation sites is 1. The number of amides is 1. The molecule has 1 saturated carbocycles. The molecule has 0 N–H and O–H groups in total. The van der Waals surface area contributed by atoms with Crippen molar-refractivity contribution in [3.05, 3.63) is 59.9 Å². The number of nitrogens with zero attached hydrogens (tertiary/aromatic N) is 4. The Balaban J connectivity index is 1.30. The van der Waals surface area contributed by atoms with Crippen LogP contribution in [-0.2, 0) is 17.8 Å². The molecule has 7 heteroatoms. The van der Waals surface area contributed by atoms with Gasteiger partial charge in [0.1, 0.15) is 11.4 Å². The van der Waals surface area contributed by atoms with E-state index in [1.165, 1.54) is 0 Å². The molecule has 0 unspecified atom stereocenters. The topological polar surface area (TPSA) is 80.4 Å². The van der Waals surface area contributed by atoms with Crippen molar-refractivity contribution in [3.8, 4) is 11.8 Å². The molecule has 1 saturated heterocycles. The van der Waals surface area contributed by atoms with E-state index in [4.69, 9.17) is 9.47 Å². The van der Waals surface area contributed by atoms with E-state index in [-0.39, 0.29) is 6.09 Å². The predicted octanol–water partition coefficient (Wildman–Crippen LogP) is 4.89. The summed E-state index contributed by atoms with van der Waals surface area (Å²) in [5, 5.41) is 9.25. The number of nitriles is 1. The van der Waals surface area contributed by atoms with Crippen molar-refractivity contribution in [2.45, 2.75) is 51.3 Å². The maximum absolute atomic E-state index is 12.8. The first-order valence-corrected chi connectivity index (χ1v) is 11.6. The number of ether oxygens (including phenoxy) is 2. The molecule has 33 heavy (non-hydrogen) atoms. The Bertz CT molecular complexity index is 1210. The van der Waals surface area contributed by atoms with Crippen molar-refractivity contribution >= 4 is 17.1 Å². The minimum atomic E-state index is -0.436. The lowest BCUT2D eigenvalue weighted by Crippen LogP contribution is -2.40. The Kier molecular flexibility index (Phi) is 5.67. The first-order valence-electron chi connectivity index (χ1n) is 11.6. The van der Waals surface area contributed by atoms with Crippen LogP contribution in [-0.4, -0.2) is 39.3 Å². The number of hydrogen-bond acceptors (Lipinski definition) is 5. The lowest BCUT2D eigenvalue weighted by molar-refractivity contribution is 0.00415. The number of carbonyl (C=O) groups is 1. The summed E-state index contributed by atoms with van der Waals surface area (Å²) in [4.78, 5) is 19.1. The standard InChI is InChI=1S/C26H28N4O3/c1-2-32-24-8-4-3-7-21(24)16-29-17-26(33-25(29)31)11-5-6-20(13-26)15-30-18-28-22-10-9-19(14-27)12-23(22)30/h3-4,7-10,12,18,20H,2,5-6,11,13,15-17H2,1H3/t20-,26-/m0/s1. The van der Waals surface area contributed by atoms with Crippen molar-refractivity contribution in [3.63, 3.8) is 0 Å². The summed E-state index contributed by atoms with van der Waals surface area (Å²) in [6.07, 6.45) is 5.45. The molecule has 1 aliphatic heterocycles. The highest BCUT2D eigenvalue weighted by Gasteiger charge is 2.48. The molecule has 1 aliphatic carbocycles. The molecule has 5 rings (SSSR count). The van der Waals surface area contributed by atoms with E-state index in [9.17, 15) is 10.1 Å². The smallest absolute Gasteiger partial charge is 0.410 e. The molecule has 2 heterocycles. The number of aromatic nitrogens is 2. The van der Waals surface area contributed by atoms with Gasteiger partial charge in [-0.25, -0.2) is 9.78 Å². The molecule has 1 amide bonds. The number of carbonyl (C=O) groups excluding carboxylic acids is 1. The monoisotopic (exact) mass is 444 g/mol. The number of fused-ring (bicyclic) bond motifs is 1. The first kappa shape index (κ1) is 21.3. The van der Waals surface area contributed by atoms with Gasteiger partial charge in [-0.2, -0.15) is 5.26 Å². The fourth-order valence-electron chi connectivity index (χ4n) is 5.34.